The number of hydrogen-bond acceptors (Lipinski definition) is 2. The fourth-order valence-corrected chi connectivity index (χ4v) is 2.32. The number of rotatable bonds is 1. The molecule has 0 unspecified atom stereocenters. The van der Waals surface area contributed by atoms with Crippen LogP contribution in [0.2, 0.25) is 0 Å². The van der Waals surface area contributed by atoms with Crippen molar-refractivity contribution in [1.29, 1.82) is 0 Å². The Labute approximate surface area is 105 Å². The van der Waals surface area contributed by atoms with Crippen LogP contribution in [0.5, 0.6) is 0 Å². The molecule has 1 aromatic heterocycles. The van der Waals surface area contributed by atoms with Gasteiger partial charge in [-0.3, -0.25) is 4.79 Å². The third-order valence-electron chi connectivity index (χ3n) is 2.93. The van der Waals surface area contributed by atoms with Crippen molar-refractivity contribution < 1.29 is 14.7 Å². The summed E-state index contributed by atoms with van der Waals surface area (Å²) in [5.74, 6) is 0. The van der Waals surface area contributed by atoms with Crippen LogP contribution in [0.1, 0.15) is 36.8 Å². The van der Waals surface area contributed by atoms with E-state index >= 15 is 0 Å². The lowest BCUT2D eigenvalue weighted by Crippen LogP contribution is -2.23. The van der Waals surface area contributed by atoms with Crippen molar-refractivity contribution >= 4 is 23.3 Å². The van der Waals surface area contributed by atoms with Gasteiger partial charge in [-0.1, -0.05) is 39.0 Å². The summed E-state index contributed by atoms with van der Waals surface area (Å²) >= 11 is 0. The molecule has 2 aromatic rings. The first kappa shape index (κ1) is 12.4. The van der Waals surface area contributed by atoms with Crippen molar-refractivity contribution in [3.63, 3.8) is 0 Å². The van der Waals surface area contributed by atoms with E-state index in [9.17, 15) is 14.7 Å². The lowest BCUT2D eigenvalue weighted by atomic mass is 9.89. The molecule has 0 aliphatic heterocycles. The van der Waals surface area contributed by atoms with Gasteiger partial charge in [0.15, 0.2) is 6.29 Å². The summed E-state index contributed by atoms with van der Waals surface area (Å²) in [6.45, 7) is 5.69. The summed E-state index contributed by atoms with van der Waals surface area (Å²) in [4.78, 5) is 22.8. The maximum Gasteiger partial charge on any atom is 0.416 e. The molecule has 0 saturated carbocycles. The van der Waals surface area contributed by atoms with Crippen LogP contribution in [0.3, 0.4) is 0 Å². The predicted octanol–water partition coefficient (Wildman–Crippen LogP) is 3.28. The molecule has 0 saturated heterocycles. The van der Waals surface area contributed by atoms with Crippen LogP contribution < -0.4 is 0 Å². The monoisotopic (exact) mass is 245 g/mol. The second-order valence-electron chi connectivity index (χ2n) is 5.27. The third kappa shape index (κ3) is 1.70. The molecule has 0 bridgehead atoms. The first-order valence-corrected chi connectivity index (χ1v) is 5.70. The van der Waals surface area contributed by atoms with Crippen LogP contribution in [-0.4, -0.2) is 22.1 Å². The van der Waals surface area contributed by atoms with Crippen molar-refractivity contribution in [1.82, 2.24) is 4.57 Å². The van der Waals surface area contributed by atoms with E-state index < -0.39 is 11.5 Å². The highest BCUT2D eigenvalue weighted by atomic mass is 16.4. The average Bonchev–Trinajstić information content (AvgIpc) is 2.62. The van der Waals surface area contributed by atoms with Gasteiger partial charge in [-0.15, -0.1) is 0 Å². The van der Waals surface area contributed by atoms with E-state index in [1.165, 1.54) is 4.57 Å². The molecule has 0 amide bonds. The minimum Gasteiger partial charge on any atom is -0.464 e. The van der Waals surface area contributed by atoms with E-state index in [1.54, 1.807) is 24.3 Å². The molecule has 1 aromatic carbocycles. The van der Waals surface area contributed by atoms with Gasteiger partial charge in [-0.25, -0.2) is 9.36 Å². The first-order valence-electron chi connectivity index (χ1n) is 5.70. The van der Waals surface area contributed by atoms with Crippen LogP contribution >= 0.6 is 0 Å². The van der Waals surface area contributed by atoms with E-state index in [1.807, 2.05) is 20.8 Å². The first-order chi connectivity index (χ1) is 8.38. The second-order valence-corrected chi connectivity index (χ2v) is 5.27. The Morgan fingerprint density at radius 2 is 1.89 bits per heavy atom. The number of carboxylic acid groups (broad SMARTS) is 1. The number of hydrogen-bond donors (Lipinski definition) is 1. The maximum absolute atomic E-state index is 11.5. The SMILES string of the molecule is CC(C)(C)c1c(C=O)c2ccccc2n1C(=O)O. The molecule has 0 fully saturated rings. The lowest BCUT2D eigenvalue weighted by Gasteiger charge is -2.20. The number of para-hydroxylation sites is 1. The van der Waals surface area contributed by atoms with E-state index in [2.05, 4.69) is 0 Å². The number of aldehydes is 1. The molecule has 94 valence electrons. The molecule has 0 spiro atoms. The summed E-state index contributed by atoms with van der Waals surface area (Å²) < 4.78 is 1.21. The highest BCUT2D eigenvalue weighted by molar-refractivity contribution is 6.03. The van der Waals surface area contributed by atoms with E-state index in [0.29, 0.717) is 22.2 Å². The Morgan fingerprint density at radius 1 is 1.28 bits per heavy atom. The van der Waals surface area contributed by atoms with Crippen molar-refractivity contribution in [2.45, 2.75) is 26.2 Å². The largest absolute Gasteiger partial charge is 0.464 e. The van der Waals surface area contributed by atoms with Gasteiger partial charge in [0.05, 0.1) is 5.52 Å². The summed E-state index contributed by atoms with van der Waals surface area (Å²) in [5.41, 5.74) is 1.12. The zero-order chi connectivity index (χ0) is 13.5. The molecule has 0 atom stereocenters. The summed E-state index contributed by atoms with van der Waals surface area (Å²) in [7, 11) is 0. The van der Waals surface area contributed by atoms with Gasteiger partial charge in [0.25, 0.3) is 0 Å². The number of carbonyl (C=O) groups excluding carboxylic acids is 1. The molecule has 0 aliphatic carbocycles. The van der Waals surface area contributed by atoms with Crippen molar-refractivity contribution in [2.75, 3.05) is 0 Å². The smallest absolute Gasteiger partial charge is 0.416 e. The average molecular weight is 245 g/mol. The highest BCUT2D eigenvalue weighted by Crippen LogP contribution is 2.33. The van der Waals surface area contributed by atoms with Gasteiger partial charge in [-0.2, -0.15) is 0 Å². The number of nitrogens with zero attached hydrogens (tertiary/aromatic N) is 1. The normalized spacial score (nSPS) is 11.7. The predicted molar refractivity (Wildman–Crippen MR) is 69.4 cm³/mol. The third-order valence-corrected chi connectivity index (χ3v) is 2.93. The minimum atomic E-state index is -1.07. The van der Waals surface area contributed by atoms with Crippen LogP contribution in [-0.2, 0) is 5.41 Å². The fraction of sp³-hybridized carbons (Fsp3) is 0.286. The molecule has 4 heteroatoms. The van der Waals surface area contributed by atoms with Crippen molar-refractivity contribution in [3.05, 3.63) is 35.5 Å². The van der Waals surface area contributed by atoms with Crippen molar-refractivity contribution in [3.8, 4) is 0 Å². The Kier molecular flexibility index (Phi) is 2.73. The van der Waals surface area contributed by atoms with Gasteiger partial charge < -0.3 is 5.11 Å². The lowest BCUT2D eigenvalue weighted by molar-refractivity contribution is 0.112. The topological polar surface area (TPSA) is 59.3 Å². The number of fused-ring (bicyclic) bond motifs is 1. The number of benzene rings is 1. The molecule has 0 aliphatic rings. The van der Waals surface area contributed by atoms with E-state index in [4.69, 9.17) is 0 Å². The minimum absolute atomic E-state index is 0.423. The quantitative estimate of drug-likeness (QED) is 0.784. The zero-order valence-electron chi connectivity index (χ0n) is 10.6. The Balaban J connectivity index is 3.02. The molecule has 1 heterocycles. The van der Waals surface area contributed by atoms with Crippen molar-refractivity contribution in [2.24, 2.45) is 0 Å². The standard InChI is InChI=1S/C14H15NO3/c1-14(2,3)12-10(8-16)9-6-4-5-7-11(9)15(12)13(17)18/h4-8H,1-3H3,(H,17,18). The zero-order valence-corrected chi connectivity index (χ0v) is 10.6. The molecule has 0 radical (unpaired) electrons. The van der Waals surface area contributed by atoms with E-state index in [0.717, 1.165) is 6.29 Å². The molecule has 1 N–H and O–H groups in total. The van der Waals surface area contributed by atoms with Gasteiger partial charge in [-0.05, 0) is 6.07 Å². The number of carbonyl (C=O) groups is 2. The fourth-order valence-electron chi connectivity index (χ4n) is 2.32. The molecule has 2 rings (SSSR count). The van der Waals surface area contributed by atoms with E-state index in [-0.39, 0.29) is 0 Å². The molecule has 4 nitrogen and oxygen atoms in total. The van der Waals surface area contributed by atoms with Crippen LogP contribution in [0.25, 0.3) is 10.9 Å². The summed E-state index contributed by atoms with van der Waals surface area (Å²) in [6, 6.07) is 7.05. The van der Waals surface area contributed by atoms with Crippen LogP contribution in [0.4, 0.5) is 4.79 Å². The molecule has 18 heavy (non-hydrogen) atoms. The van der Waals surface area contributed by atoms with Gasteiger partial charge >= 0.3 is 6.09 Å². The molecular weight excluding hydrogens is 230 g/mol. The molecular formula is C14H15NO3. The Morgan fingerprint density at radius 3 is 2.39 bits per heavy atom. The summed E-state index contributed by atoms with van der Waals surface area (Å²) in [5, 5.41) is 10.1. The van der Waals surface area contributed by atoms with Gasteiger partial charge in [0.2, 0.25) is 0 Å². The van der Waals surface area contributed by atoms with Crippen LogP contribution in [0.15, 0.2) is 24.3 Å². The van der Waals surface area contributed by atoms with Crippen LogP contribution in [0, 0.1) is 0 Å². The Hall–Kier alpha value is -2.10. The second kappa shape index (κ2) is 3.98. The highest BCUT2D eigenvalue weighted by Gasteiger charge is 2.28. The Bertz CT molecular complexity index is 632. The maximum atomic E-state index is 11.5. The van der Waals surface area contributed by atoms with Gasteiger partial charge in [0.1, 0.15) is 0 Å². The van der Waals surface area contributed by atoms with Gasteiger partial charge in [0, 0.05) is 22.1 Å². The number of aromatic nitrogens is 1. The summed E-state index contributed by atoms with van der Waals surface area (Å²) in [6.07, 6.45) is -0.327.